The van der Waals surface area contributed by atoms with Crippen LogP contribution < -0.4 is 0 Å². The second kappa shape index (κ2) is 3.12. The maximum atomic E-state index is 5.86. The number of nitrogens with zero attached hydrogens (tertiary/aromatic N) is 2. The Kier molecular flexibility index (Phi) is 2.21. The Morgan fingerprint density at radius 2 is 2.00 bits per heavy atom. The summed E-state index contributed by atoms with van der Waals surface area (Å²) in [5, 5.41) is 1.08. The maximum Gasteiger partial charge on any atom is 0.233 e. The predicted molar refractivity (Wildman–Crippen MR) is 54.3 cm³/mol. The minimum absolute atomic E-state index is 0.0822. The van der Waals surface area contributed by atoms with Gasteiger partial charge in [0, 0.05) is 5.56 Å². The summed E-state index contributed by atoms with van der Waals surface area (Å²) in [7, 11) is 0. The number of rotatable bonds is 0. The van der Waals surface area contributed by atoms with E-state index in [1.54, 1.807) is 0 Å². The van der Waals surface area contributed by atoms with Crippen LogP contribution >= 0.6 is 39.1 Å². The van der Waals surface area contributed by atoms with Crippen LogP contribution in [0.5, 0.6) is 0 Å². The lowest BCUT2D eigenvalue weighted by Gasteiger charge is -1.92. The Hall–Kier alpha value is -0.320. The monoisotopic (exact) mass is 280 g/mol. The lowest BCUT2D eigenvalue weighted by atomic mass is 10.3. The molecule has 13 heavy (non-hydrogen) atoms. The average Bonchev–Trinajstić information content (AvgIpc) is 2.27. The molecule has 0 spiro atoms. The molecule has 2 aromatic rings. The predicted octanol–water partition coefficient (Wildman–Crippen LogP) is 3.60. The highest BCUT2D eigenvalue weighted by molar-refractivity contribution is 9.10. The molecule has 2 rings (SSSR count). The molecule has 0 aliphatic heterocycles. The first-order valence-corrected chi connectivity index (χ1v) is 4.92. The minimum atomic E-state index is 0.0822. The molecule has 2 heterocycles. The molecule has 3 nitrogen and oxygen atoms in total. The third-order valence-electron chi connectivity index (χ3n) is 1.66. The van der Waals surface area contributed by atoms with Crippen LogP contribution in [0.1, 0.15) is 5.56 Å². The van der Waals surface area contributed by atoms with E-state index < -0.39 is 0 Å². The van der Waals surface area contributed by atoms with Crippen molar-refractivity contribution in [2.75, 3.05) is 0 Å². The molecule has 0 fully saturated rings. The van der Waals surface area contributed by atoms with Crippen LogP contribution in [0, 0.1) is 6.92 Å². The number of aromatic nitrogens is 2. The molecule has 68 valence electrons. The number of aryl methyl sites for hydroxylation is 1. The van der Waals surface area contributed by atoms with Gasteiger partial charge in [0.05, 0.1) is 5.39 Å². The first-order chi connectivity index (χ1) is 6.09. The normalized spacial score (nSPS) is 11.1. The zero-order valence-corrected chi connectivity index (χ0v) is 9.53. The summed E-state index contributed by atoms with van der Waals surface area (Å²) in [4.78, 5) is 7.71. The summed E-state index contributed by atoms with van der Waals surface area (Å²) in [5.41, 5.74) is 1.27. The van der Waals surface area contributed by atoms with E-state index in [4.69, 9.17) is 27.6 Å². The fraction of sp³-hybridized carbons (Fsp3) is 0.143. The zero-order chi connectivity index (χ0) is 9.59. The Morgan fingerprint density at radius 1 is 1.31 bits per heavy atom. The molecule has 0 saturated heterocycles. The van der Waals surface area contributed by atoms with E-state index in [0.717, 1.165) is 5.56 Å². The van der Waals surface area contributed by atoms with Gasteiger partial charge < -0.3 is 4.42 Å². The van der Waals surface area contributed by atoms with Crippen molar-refractivity contribution in [3.05, 3.63) is 20.7 Å². The van der Waals surface area contributed by atoms with Crippen LogP contribution in [0.25, 0.3) is 11.1 Å². The molecular formula is C7H3BrCl2N2O. The number of furan rings is 1. The number of hydrogen-bond acceptors (Lipinski definition) is 3. The van der Waals surface area contributed by atoms with Gasteiger partial charge in [0.2, 0.25) is 11.0 Å². The maximum absolute atomic E-state index is 5.86. The second-order valence-corrected chi connectivity index (χ2v) is 3.88. The van der Waals surface area contributed by atoms with Gasteiger partial charge in [-0.15, -0.1) is 0 Å². The van der Waals surface area contributed by atoms with Crippen LogP contribution in [0.4, 0.5) is 0 Å². The van der Waals surface area contributed by atoms with Gasteiger partial charge in [-0.3, -0.25) is 0 Å². The molecule has 0 aromatic carbocycles. The molecule has 0 atom stereocenters. The molecule has 0 bridgehead atoms. The van der Waals surface area contributed by atoms with Gasteiger partial charge in [-0.2, -0.15) is 4.98 Å². The average molecular weight is 282 g/mol. The Morgan fingerprint density at radius 3 is 2.69 bits per heavy atom. The van der Waals surface area contributed by atoms with E-state index >= 15 is 0 Å². The van der Waals surface area contributed by atoms with Crippen molar-refractivity contribution in [2.24, 2.45) is 0 Å². The van der Waals surface area contributed by atoms with Crippen LogP contribution in [0.15, 0.2) is 9.09 Å². The molecule has 2 aromatic heterocycles. The lowest BCUT2D eigenvalue weighted by molar-refractivity contribution is 0.572. The van der Waals surface area contributed by atoms with E-state index in [9.17, 15) is 0 Å². The highest BCUT2D eigenvalue weighted by atomic mass is 79.9. The fourth-order valence-electron chi connectivity index (χ4n) is 1.04. The molecule has 0 radical (unpaired) electrons. The Balaban J connectivity index is 2.94. The van der Waals surface area contributed by atoms with E-state index in [1.807, 2.05) is 6.92 Å². The smallest absolute Gasteiger partial charge is 0.233 e. The van der Waals surface area contributed by atoms with E-state index in [0.29, 0.717) is 20.9 Å². The molecule has 0 N–H and O–H groups in total. The fourth-order valence-corrected chi connectivity index (χ4v) is 1.90. The third-order valence-corrected chi connectivity index (χ3v) is 2.86. The van der Waals surface area contributed by atoms with Crippen molar-refractivity contribution in [1.82, 2.24) is 9.97 Å². The summed E-state index contributed by atoms with van der Waals surface area (Å²) in [6.07, 6.45) is 0. The number of hydrogen-bond donors (Lipinski definition) is 0. The van der Waals surface area contributed by atoms with Crippen molar-refractivity contribution in [2.45, 2.75) is 6.92 Å². The van der Waals surface area contributed by atoms with Crippen LogP contribution in [0.2, 0.25) is 10.4 Å². The van der Waals surface area contributed by atoms with Gasteiger partial charge in [0.15, 0.2) is 4.67 Å². The minimum Gasteiger partial charge on any atom is -0.430 e. The molecule has 0 saturated carbocycles. The second-order valence-electron chi connectivity index (χ2n) is 2.46. The topological polar surface area (TPSA) is 38.9 Å². The summed E-state index contributed by atoms with van der Waals surface area (Å²) in [5.74, 6) is 0. The highest BCUT2D eigenvalue weighted by Gasteiger charge is 2.14. The van der Waals surface area contributed by atoms with Gasteiger partial charge in [0.1, 0.15) is 5.15 Å². The zero-order valence-electron chi connectivity index (χ0n) is 6.44. The van der Waals surface area contributed by atoms with Gasteiger partial charge in [-0.05, 0) is 34.5 Å². The Labute approximate surface area is 92.2 Å². The standard InChI is InChI=1S/C7H3BrCl2N2O/c1-2-3-5(9)11-7(10)12-6(3)13-4(2)8/h1H3. The lowest BCUT2D eigenvalue weighted by Crippen LogP contribution is -1.83. The van der Waals surface area contributed by atoms with Crippen LogP contribution in [-0.2, 0) is 0 Å². The molecule has 6 heteroatoms. The van der Waals surface area contributed by atoms with E-state index in [2.05, 4.69) is 25.9 Å². The first-order valence-electron chi connectivity index (χ1n) is 3.37. The largest absolute Gasteiger partial charge is 0.430 e. The summed E-state index contributed by atoms with van der Waals surface area (Å²) < 4.78 is 5.86. The summed E-state index contributed by atoms with van der Waals surface area (Å²) in [6.45, 7) is 1.86. The molecule has 0 aliphatic carbocycles. The SMILES string of the molecule is Cc1c(Br)oc2nc(Cl)nc(Cl)c12. The van der Waals surface area contributed by atoms with Gasteiger partial charge >= 0.3 is 0 Å². The van der Waals surface area contributed by atoms with Crippen molar-refractivity contribution < 1.29 is 4.42 Å². The van der Waals surface area contributed by atoms with Crippen molar-refractivity contribution in [3.63, 3.8) is 0 Å². The van der Waals surface area contributed by atoms with Crippen molar-refractivity contribution in [1.29, 1.82) is 0 Å². The molecular weight excluding hydrogens is 279 g/mol. The van der Waals surface area contributed by atoms with E-state index in [1.165, 1.54) is 0 Å². The summed E-state index contributed by atoms with van der Waals surface area (Å²) >= 11 is 14.7. The molecule has 0 aliphatic rings. The third kappa shape index (κ3) is 1.43. The van der Waals surface area contributed by atoms with Gasteiger partial charge in [0.25, 0.3) is 0 Å². The summed E-state index contributed by atoms with van der Waals surface area (Å²) in [6, 6.07) is 0. The highest BCUT2D eigenvalue weighted by Crippen LogP contribution is 2.32. The van der Waals surface area contributed by atoms with Crippen LogP contribution in [-0.4, -0.2) is 9.97 Å². The molecule has 0 unspecified atom stereocenters. The number of halogens is 3. The van der Waals surface area contributed by atoms with Crippen LogP contribution in [0.3, 0.4) is 0 Å². The number of fused-ring (bicyclic) bond motifs is 1. The molecule has 0 amide bonds. The Bertz CT molecular complexity index is 483. The van der Waals surface area contributed by atoms with Gasteiger partial charge in [-0.1, -0.05) is 11.6 Å². The quantitative estimate of drug-likeness (QED) is 0.547. The van der Waals surface area contributed by atoms with Crippen molar-refractivity contribution in [3.8, 4) is 0 Å². The first kappa shape index (κ1) is 9.24. The van der Waals surface area contributed by atoms with E-state index in [-0.39, 0.29) is 5.28 Å². The van der Waals surface area contributed by atoms with Crippen molar-refractivity contribution >= 4 is 50.2 Å². The van der Waals surface area contributed by atoms with Gasteiger partial charge in [-0.25, -0.2) is 4.98 Å².